The van der Waals surface area contributed by atoms with Gasteiger partial charge in [0.2, 0.25) is 0 Å². The van der Waals surface area contributed by atoms with E-state index in [4.69, 9.17) is 0 Å². The second-order valence-electron chi connectivity index (χ2n) is 6.26. The Hall–Kier alpha value is -1.68. The third kappa shape index (κ3) is 2.92. The Morgan fingerprint density at radius 2 is 1.78 bits per heavy atom. The summed E-state index contributed by atoms with van der Waals surface area (Å²) < 4.78 is 0. The predicted octanol–water partition coefficient (Wildman–Crippen LogP) is 4.20. The summed E-state index contributed by atoms with van der Waals surface area (Å²) in [5.41, 5.74) is 2.82. The lowest BCUT2D eigenvalue weighted by Gasteiger charge is -2.35. The Morgan fingerprint density at radius 3 is 2.52 bits per heavy atom. The zero-order chi connectivity index (χ0) is 15.6. The van der Waals surface area contributed by atoms with Gasteiger partial charge < -0.3 is 5.32 Å². The molecule has 2 heterocycles. The normalized spacial score (nSPS) is 17.4. The number of nitrogens with one attached hydrogen (secondary N) is 1. The molecule has 0 saturated carbocycles. The second kappa shape index (κ2) is 6.44. The van der Waals surface area contributed by atoms with Crippen LogP contribution in [-0.2, 0) is 0 Å². The molecule has 1 fully saturated rings. The van der Waals surface area contributed by atoms with Crippen LogP contribution in [0.5, 0.6) is 0 Å². The lowest BCUT2D eigenvalue weighted by atomic mass is 9.97. The van der Waals surface area contributed by atoms with Crippen LogP contribution < -0.4 is 5.32 Å². The zero-order valence-corrected chi connectivity index (χ0v) is 14.3. The molecule has 2 aromatic carbocycles. The molecule has 3 aromatic rings. The summed E-state index contributed by atoms with van der Waals surface area (Å²) in [7, 11) is 0. The van der Waals surface area contributed by atoms with Gasteiger partial charge in [-0.05, 0) is 46.3 Å². The van der Waals surface area contributed by atoms with Crippen LogP contribution in [0.15, 0.2) is 53.9 Å². The van der Waals surface area contributed by atoms with E-state index < -0.39 is 0 Å². The molecule has 0 spiro atoms. The molecule has 0 amide bonds. The quantitative estimate of drug-likeness (QED) is 0.777. The van der Waals surface area contributed by atoms with Crippen molar-refractivity contribution in [3.63, 3.8) is 0 Å². The van der Waals surface area contributed by atoms with E-state index in [1.54, 1.807) is 0 Å². The van der Waals surface area contributed by atoms with Crippen LogP contribution in [0.1, 0.15) is 22.0 Å². The first-order valence-corrected chi connectivity index (χ1v) is 9.18. The first kappa shape index (κ1) is 14.9. The molecule has 23 heavy (non-hydrogen) atoms. The maximum Gasteiger partial charge on any atom is 0.0699 e. The number of hydrogen-bond donors (Lipinski definition) is 1. The maximum atomic E-state index is 3.47. The summed E-state index contributed by atoms with van der Waals surface area (Å²) in [6.45, 7) is 6.61. The van der Waals surface area contributed by atoms with Crippen molar-refractivity contribution in [2.75, 3.05) is 26.2 Å². The van der Waals surface area contributed by atoms with Crippen LogP contribution in [0.3, 0.4) is 0 Å². The van der Waals surface area contributed by atoms with Gasteiger partial charge in [-0.1, -0.05) is 36.4 Å². The Morgan fingerprint density at radius 1 is 1.00 bits per heavy atom. The standard InChI is InChI=1S/C20H22N2S/c1-15-8-13-23-20(15)19(22-11-9-21-10-12-22)18-7-6-16-4-2-3-5-17(16)14-18/h2-8,13-14,19,21H,9-12H2,1H3. The van der Waals surface area contributed by atoms with Gasteiger partial charge in [-0.15, -0.1) is 11.3 Å². The van der Waals surface area contributed by atoms with Gasteiger partial charge in [0.05, 0.1) is 6.04 Å². The lowest BCUT2D eigenvalue weighted by Crippen LogP contribution is -2.45. The highest BCUT2D eigenvalue weighted by Gasteiger charge is 2.26. The Labute approximate surface area is 141 Å². The molecular weight excluding hydrogens is 300 g/mol. The fraction of sp³-hybridized carbons (Fsp3) is 0.300. The average molecular weight is 322 g/mol. The van der Waals surface area contributed by atoms with Crippen molar-refractivity contribution in [2.24, 2.45) is 0 Å². The predicted molar refractivity (Wildman–Crippen MR) is 99.3 cm³/mol. The summed E-state index contributed by atoms with van der Waals surface area (Å²) >= 11 is 1.89. The smallest absolute Gasteiger partial charge is 0.0699 e. The van der Waals surface area contributed by atoms with Crippen LogP contribution in [0.25, 0.3) is 10.8 Å². The average Bonchev–Trinajstić information content (AvgIpc) is 3.02. The molecule has 1 unspecified atom stereocenters. The van der Waals surface area contributed by atoms with Crippen molar-refractivity contribution in [1.29, 1.82) is 0 Å². The summed E-state index contributed by atoms with van der Waals surface area (Å²) in [5, 5.41) is 8.35. The Balaban J connectivity index is 1.80. The molecule has 1 aromatic heterocycles. The van der Waals surface area contributed by atoms with Gasteiger partial charge >= 0.3 is 0 Å². The molecule has 3 heteroatoms. The molecule has 1 aliphatic rings. The summed E-state index contributed by atoms with van der Waals surface area (Å²) in [6, 6.07) is 18.2. The summed E-state index contributed by atoms with van der Waals surface area (Å²) in [6.07, 6.45) is 0. The summed E-state index contributed by atoms with van der Waals surface area (Å²) in [5.74, 6) is 0. The first-order valence-electron chi connectivity index (χ1n) is 8.30. The van der Waals surface area contributed by atoms with Gasteiger partial charge in [0.25, 0.3) is 0 Å². The van der Waals surface area contributed by atoms with E-state index in [0.717, 1.165) is 26.2 Å². The van der Waals surface area contributed by atoms with Crippen LogP contribution in [0, 0.1) is 6.92 Å². The van der Waals surface area contributed by atoms with Crippen molar-refractivity contribution in [1.82, 2.24) is 10.2 Å². The second-order valence-corrected chi connectivity index (χ2v) is 7.21. The minimum Gasteiger partial charge on any atom is -0.314 e. The molecule has 2 nitrogen and oxygen atoms in total. The Bertz CT molecular complexity index is 802. The fourth-order valence-electron chi connectivity index (χ4n) is 3.51. The maximum absolute atomic E-state index is 3.47. The zero-order valence-electron chi connectivity index (χ0n) is 13.5. The number of nitrogens with zero attached hydrogens (tertiary/aromatic N) is 1. The topological polar surface area (TPSA) is 15.3 Å². The number of rotatable bonds is 3. The van der Waals surface area contributed by atoms with Gasteiger partial charge in [0, 0.05) is 31.1 Å². The fourth-order valence-corrected chi connectivity index (χ4v) is 4.60. The van der Waals surface area contributed by atoms with Crippen molar-refractivity contribution in [3.05, 3.63) is 69.9 Å². The molecule has 0 aliphatic carbocycles. The minimum atomic E-state index is 0.377. The SMILES string of the molecule is Cc1ccsc1C(c1ccc2ccccc2c1)N1CCNCC1. The van der Waals surface area contributed by atoms with Crippen molar-refractivity contribution in [2.45, 2.75) is 13.0 Å². The van der Waals surface area contributed by atoms with Crippen LogP contribution >= 0.6 is 11.3 Å². The molecule has 1 atom stereocenters. The van der Waals surface area contributed by atoms with E-state index in [-0.39, 0.29) is 0 Å². The van der Waals surface area contributed by atoms with Gasteiger partial charge in [0.15, 0.2) is 0 Å². The van der Waals surface area contributed by atoms with Gasteiger partial charge in [0.1, 0.15) is 0 Å². The Kier molecular flexibility index (Phi) is 4.17. The van der Waals surface area contributed by atoms with Gasteiger partial charge in [-0.25, -0.2) is 0 Å². The lowest BCUT2D eigenvalue weighted by molar-refractivity contribution is 0.200. The number of benzene rings is 2. The van der Waals surface area contributed by atoms with Crippen LogP contribution in [0.4, 0.5) is 0 Å². The molecule has 4 rings (SSSR count). The van der Waals surface area contributed by atoms with Crippen LogP contribution in [-0.4, -0.2) is 31.1 Å². The highest BCUT2D eigenvalue weighted by Crippen LogP contribution is 2.35. The van der Waals surface area contributed by atoms with Gasteiger partial charge in [-0.2, -0.15) is 0 Å². The highest BCUT2D eigenvalue weighted by atomic mass is 32.1. The third-order valence-electron chi connectivity index (χ3n) is 4.76. The highest BCUT2D eigenvalue weighted by molar-refractivity contribution is 7.10. The molecular formula is C20H22N2S. The monoisotopic (exact) mass is 322 g/mol. The molecule has 0 bridgehead atoms. The van der Waals surface area contributed by atoms with E-state index >= 15 is 0 Å². The van der Waals surface area contributed by atoms with E-state index in [1.165, 1.54) is 26.8 Å². The first-order chi connectivity index (χ1) is 11.3. The van der Waals surface area contributed by atoms with Crippen molar-refractivity contribution in [3.8, 4) is 0 Å². The van der Waals surface area contributed by atoms with E-state index in [2.05, 4.69) is 71.1 Å². The molecule has 118 valence electrons. The number of fused-ring (bicyclic) bond motifs is 1. The van der Waals surface area contributed by atoms with E-state index in [1.807, 2.05) is 11.3 Å². The molecule has 1 saturated heterocycles. The number of piperazine rings is 1. The largest absolute Gasteiger partial charge is 0.314 e. The van der Waals surface area contributed by atoms with Crippen molar-refractivity contribution >= 4 is 22.1 Å². The molecule has 0 radical (unpaired) electrons. The van der Waals surface area contributed by atoms with Crippen LogP contribution in [0.2, 0.25) is 0 Å². The third-order valence-corrected chi connectivity index (χ3v) is 5.83. The molecule has 1 N–H and O–H groups in total. The number of aryl methyl sites for hydroxylation is 1. The molecule has 1 aliphatic heterocycles. The van der Waals surface area contributed by atoms with Gasteiger partial charge in [-0.3, -0.25) is 4.90 Å². The van der Waals surface area contributed by atoms with E-state index in [9.17, 15) is 0 Å². The van der Waals surface area contributed by atoms with Crippen molar-refractivity contribution < 1.29 is 0 Å². The summed E-state index contributed by atoms with van der Waals surface area (Å²) in [4.78, 5) is 4.11. The number of thiophene rings is 1. The van der Waals surface area contributed by atoms with E-state index in [0.29, 0.717) is 6.04 Å². The number of hydrogen-bond acceptors (Lipinski definition) is 3. The minimum absolute atomic E-state index is 0.377.